The van der Waals surface area contributed by atoms with Crippen LogP contribution in [-0.2, 0) is 0 Å². The average molecular weight is 256 g/mol. The largest absolute Gasteiger partial charge is 0.262 e. The van der Waals surface area contributed by atoms with Crippen molar-refractivity contribution in [1.82, 2.24) is 9.34 Å². The fourth-order valence-corrected chi connectivity index (χ4v) is 4.98. The van der Waals surface area contributed by atoms with Crippen LogP contribution in [-0.4, -0.2) is 32.5 Å². The van der Waals surface area contributed by atoms with Gasteiger partial charge in [-0.2, -0.15) is 0 Å². The summed E-state index contributed by atoms with van der Waals surface area (Å²) in [6.07, 6.45) is 5.66. The van der Waals surface area contributed by atoms with Crippen molar-refractivity contribution in [3.05, 3.63) is 0 Å². The summed E-state index contributed by atoms with van der Waals surface area (Å²) in [7, 11) is 0.875. The molecule has 1 aliphatic heterocycles. The lowest BCUT2D eigenvalue weighted by Crippen LogP contribution is -2.48. The lowest BCUT2D eigenvalue weighted by molar-refractivity contribution is 0.118. The van der Waals surface area contributed by atoms with Crippen molar-refractivity contribution in [2.45, 2.75) is 90.4 Å². The van der Waals surface area contributed by atoms with E-state index in [1.54, 1.807) is 0 Å². The van der Waals surface area contributed by atoms with Crippen LogP contribution in [0, 0.1) is 0 Å². The van der Waals surface area contributed by atoms with E-state index in [9.17, 15) is 0 Å². The van der Waals surface area contributed by atoms with Crippen LogP contribution in [0.4, 0.5) is 0 Å². The molecule has 2 aliphatic rings. The van der Waals surface area contributed by atoms with Crippen LogP contribution in [0.1, 0.15) is 67.2 Å². The molecule has 0 unspecified atom stereocenters. The third kappa shape index (κ3) is 2.69. The smallest absolute Gasteiger partial charge is 0.0308 e. The Labute approximate surface area is 109 Å². The molecule has 1 saturated carbocycles. The van der Waals surface area contributed by atoms with Crippen molar-refractivity contribution < 1.29 is 0 Å². The second-order valence-corrected chi connectivity index (χ2v) is 8.76. The quantitative estimate of drug-likeness (QED) is 0.604. The Hall–Kier alpha value is 0.350. The maximum Gasteiger partial charge on any atom is 0.0308 e. The molecule has 0 aromatic heterocycles. The van der Waals surface area contributed by atoms with Gasteiger partial charge in [-0.05, 0) is 54.4 Å². The zero-order valence-corrected chi connectivity index (χ0v) is 13.4. The van der Waals surface area contributed by atoms with Gasteiger partial charge in [0.05, 0.1) is 0 Å². The first kappa shape index (κ1) is 13.8. The summed E-state index contributed by atoms with van der Waals surface area (Å²) < 4.78 is 5.53. The van der Waals surface area contributed by atoms with E-state index in [2.05, 4.69) is 50.9 Å². The Balaban J connectivity index is 2.23. The third-order valence-electron chi connectivity index (χ3n) is 4.02. The maximum atomic E-state index is 2.77. The van der Waals surface area contributed by atoms with Crippen LogP contribution >= 0.6 is 8.88 Å². The molecule has 0 aromatic rings. The summed E-state index contributed by atoms with van der Waals surface area (Å²) >= 11 is 0. The van der Waals surface area contributed by atoms with Crippen LogP contribution in [0.15, 0.2) is 0 Å². The number of nitrogens with zero attached hydrogens (tertiary/aromatic N) is 2. The summed E-state index contributed by atoms with van der Waals surface area (Å²) in [5.74, 6) is 0. The van der Waals surface area contributed by atoms with Gasteiger partial charge in [0.2, 0.25) is 0 Å². The predicted molar refractivity (Wildman–Crippen MR) is 77.5 cm³/mol. The van der Waals surface area contributed by atoms with Gasteiger partial charge in [0.25, 0.3) is 0 Å². The lowest BCUT2D eigenvalue weighted by atomic mass is 9.87. The maximum absolute atomic E-state index is 2.77. The monoisotopic (exact) mass is 256 g/mol. The van der Waals surface area contributed by atoms with Gasteiger partial charge < -0.3 is 0 Å². The summed E-state index contributed by atoms with van der Waals surface area (Å²) in [5, 5.41) is 0. The van der Waals surface area contributed by atoms with E-state index in [0.29, 0.717) is 11.1 Å². The van der Waals surface area contributed by atoms with Crippen molar-refractivity contribution >= 4 is 8.88 Å². The molecule has 2 rings (SSSR count). The van der Waals surface area contributed by atoms with Crippen molar-refractivity contribution in [3.63, 3.8) is 0 Å². The molecule has 2 nitrogen and oxygen atoms in total. The van der Waals surface area contributed by atoms with Crippen molar-refractivity contribution in [2.75, 3.05) is 0 Å². The molecule has 2 atom stereocenters. The normalized spacial score (nSPS) is 32.8. The molecule has 0 spiro atoms. The van der Waals surface area contributed by atoms with Gasteiger partial charge in [0, 0.05) is 32.0 Å². The number of hydrogen-bond acceptors (Lipinski definition) is 2. The standard InChI is InChI=1S/C14H29N2P/c1-13(2,3)15-11-9-7-8-10-12(11)16(17-15)14(4,5)6/h11-12,17H,7-10H2,1-6H3/t11-,12-/m1/s1. The van der Waals surface area contributed by atoms with Gasteiger partial charge in [-0.3, -0.25) is 9.34 Å². The van der Waals surface area contributed by atoms with Gasteiger partial charge >= 0.3 is 0 Å². The van der Waals surface area contributed by atoms with E-state index in [1.807, 2.05) is 0 Å². The van der Waals surface area contributed by atoms with E-state index in [4.69, 9.17) is 0 Å². The molecular formula is C14H29N2P. The molecule has 0 N–H and O–H groups in total. The van der Waals surface area contributed by atoms with Crippen molar-refractivity contribution in [1.29, 1.82) is 0 Å². The van der Waals surface area contributed by atoms with Gasteiger partial charge in [0.15, 0.2) is 0 Å². The zero-order chi connectivity index (χ0) is 12.8. The van der Waals surface area contributed by atoms with Gasteiger partial charge in [-0.1, -0.05) is 12.8 Å². The van der Waals surface area contributed by atoms with Crippen LogP contribution in [0.3, 0.4) is 0 Å². The Kier molecular flexibility index (Phi) is 3.62. The highest BCUT2D eigenvalue weighted by Crippen LogP contribution is 2.52. The first-order valence-corrected chi connectivity index (χ1v) is 7.96. The van der Waals surface area contributed by atoms with E-state index in [-0.39, 0.29) is 0 Å². The first-order chi connectivity index (χ1) is 7.71. The summed E-state index contributed by atoms with van der Waals surface area (Å²) in [4.78, 5) is 0. The minimum atomic E-state index is 0.318. The molecule has 3 heteroatoms. The highest BCUT2D eigenvalue weighted by atomic mass is 31.1. The summed E-state index contributed by atoms with van der Waals surface area (Å²) in [5.41, 5.74) is 0.636. The zero-order valence-electron chi connectivity index (χ0n) is 12.4. The fourth-order valence-electron chi connectivity index (χ4n) is 3.25. The highest BCUT2D eigenvalue weighted by molar-refractivity contribution is 7.33. The first-order valence-electron chi connectivity index (χ1n) is 7.06. The Morgan fingerprint density at radius 2 is 1.12 bits per heavy atom. The SMILES string of the molecule is CC(C)(C)N1PN(C(C)(C)C)[C@@H]2CCCC[C@H]21. The Morgan fingerprint density at radius 1 is 0.765 bits per heavy atom. The predicted octanol–water partition coefficient (Wildman–Crippen LogP) is 4.02. The molecule has 0 aromatic carbocycles. The van der Waals surface area contributed by atoms with E-state index < -0.39 is 0 Å². The van der Waals surface area contributed by atoms with E-state index in [1.165, 1.54) is 25.7 Å². The molecule has 0 amide bonds. The molecule has 2 fully saturated rings. The third-order valence-corrected chi connectivity index (χ3v) is 6.45. The second kappa shape index (κ2) is 4.47. The molecule has 0 bridgehead atoms. The van der Waals surface area contributed by atoms with Gasteiger partial charge in [-0.25, -0.2) is 0 Å². The average Bonchev–Trinajstić information content (AvgIpc) is 2.55. The fraction of sp³-hybridized carbons (Fsp3) is 1.00. The second-order valence-electron chi connectivity index (χ2n) is 7.60. The number of fused-ring (bicyclic) bond motifs is 1. The topological polar surface area (TPSA) is 6.48 Å². The lowest BCUT2D eigenvalue weighted by Gasteiger charge is -2.39. The van der Waals surface area contributed by atoms with E-state index in [0.717, 1.165) is 21.0 Å². The van der Waals surface area contributed by atoms with Gasteiger partial charge in [0.1, 0.15) is 0 Å². The molecule has 17 heavy (non-hydrogen) atoms. The van der Waals surface area contributed by atoms with Crippen molar-refractivity contribution in [3.8, 4) is 0 Å². The van der Waals surface area contributed by atoms with E-state index >= 15 is 0 Å². The molecular weight excluding hydrogens is 227 g/mol. The Bertz CT molecular complexity index is 249. The van der Waals surface area contributed by atoms with Crippen LogP contribution < -0.4 is 0 Å². The molecule has 0 radical (unpaired) electrons. The number of hydrogen-bond donors (Lipinski definition) is 0. The summed E-state index contributed by atoms with van der Waals surface area (Å²) in [6, 6.07) is 1.61. The van der Waals surface area contributed by atoms with Crippen LogP contribution in [0.5, 0.6) is 0 Å². The number of rotatable bonds is 0. The van der Waals surface area contributed by atoms with Crippen molar-refractivity contribution in [2.24, 2.45) is 0 Å². The molecule has 1 heterocycles. The molecule has 1 aliphatic carbocycles. The summed E-state index contributed by atoms with van der Waals surface area (Å²) in [6.45, 7) is 14.2. The minimum Gasteiger partial charge on any atom is -0.262 e. The highest BCUT2D eigenvalue weighted by Gasteiger charge is 2.48. The molecule has 100 valence electrons. The Morgan fingerprint density at radius 3 is 1.41 bits per heavy atom. The van der Waals surface area contributed by atoms with Gasteiger partial charge in [-0.15, -0.1) is 0 Å². The minimum absolute atomic E-state index is 0.318. The molecule has 1 saturated heterocycles. The van der Waals surface area contributed by atoms with Crippen LogP contribution in [0.2, 0.25) is 0 Å². The van der Waals surface area contributed by atoms with Crippen LogP contribution in [0.25, 0.3) is 0 Å².